The first-order valence-electron chi connectivity index (χ1n) is 11.5. The number of rotatable bonds is 7. The van der Waals surface area contributed by atoms with Crippen molar-refractivity contribution in [3.05, 3.63) is 101 Å². The van der Waals surface area contributed by atoms with Gasteiger partial charge >= 0.3 is 0 Å². The van der Waals surface area contributed by atoms with E-state index in [9.17, 15) is 5.11 Å². The van der Waals surface area contributed by atoms with E-state index >= 15 is 0 Å². The van der Waals surface area contributed by atoms with Crippen LogP contribution in [-0.4, -0.2) is 30.7 Å². The predicted octanol–water partition coefficient (Wildman–Crippen LogP) is 6.12. The third-order valence-corrected chi connectivity index (χ3v) is 6.43. The molecule has 5 heteroatoms. The number of phenolic OH excluding ortho intramolecular Hbond substituents is 1. The Morgan fingerprint density at radius 3 is 2.56 bits per heavy atom. The van der Waals surface area contributed by atoms with E-state index in [2.05, 4.69) is 71.4 Å². The first-order valence-corrected chi connectivity index (χ1v) is 11.5. The summed E-state index contributed by atoms with van der Waals surface area (Å²) in [6.45, 7) is 7.18. The maximum Gasteiger partial charge on any atom is 0.119 e. The maximum absolute atomic E-state index is 9.72. The van der Waals surface area contributed by atoms with Gasteiger partial charge in [-0.1, -0.05) is 42.5 Å². The summed E-state index contributed by atoms with van der Waals surface area (Å²) >= 11 is 0. The van der Waals surface area contributed by atoms with Gasteiger partial charge in [-0.3, -0.25) is 0 Å². The normalized spacial score (nSPS) is 19.1. The molecular formula is C29H31N3O2. The van der Waals surface area contributed by atoms with Crippen LogP contribution in [-0.2, 0) is 11.8 Å². The molecule has 174 valence electrons. The zero-order valence-corrected chi connectivity index (χ0v) is 20.2. The third kappa shape index (κ3) is 4.60. The molecule has 0 fully saturated rings. The molecule has 0 aromatic heterocycles. The second-order valence-electron chi connectivity index (χ2n) is 8.67. The molecule has 0 saturated carbocycles. The van der Waals surface area contributed by atoms with Crippen molar-refractivity contribution in [3.63, 3.8) is 0 Å². The lowest BCUT2D eigenvalue weighted by atomic mass is 9.76. The van der Waals surface area contributed by atoms with Gasteiger partial charge in [0.25, 0.3) is 0 Å². The van der Waals surface area contributed by atoms with Crippen molar-refractivity contribution in [2.45, 2.75) is 32.6 Å². The van der Waals surface area contributed by atoms with Gasteiger partial charge in [0.1, 0.15) is 11.5 Å². The number of benzene rings is 3. The number of ether oxygens (including phenoxy) is 1. The van der Waals surface area contributed by atoms with Crippen molar-refractivity contribution in [1.82, 2.24) is 0 Å². The van der Waals surface area contributed by atoms with Gasteiger partial charge in [0, 0.05) is 28.9 Å². The second kappa shape index (κ2) is 9.96. The summed E-state index contributed by atoms with van der Waals surface area (Å²) in [5.41, 5.74) is 6.22. The van der Waals surface area contributed by atoms with E-state index < -0.39 is 0 Å². The highest BCUT2D eigenvalue weighted by molar-refractivity contribution is 5.99. The fraction of sp³-hybridized carbons (Fsp3) is 0.241. The largest absolute Gasteiger partial charge is 0.508 e. The van der Waals surface area contributed by atoms with Crippen LogP contribution in [0.4, 0.5) is 5.69 Å². The number of likely N-dealkylation sites (N-methyl/N-ethyl adjacent to an activating group) is 1. The second-order valence-corrected chi connectivity index (χ2v) is 8.67. The van der Waals surface area contributed by atoms with E-state index in [-0.39, 0.29) is 11.2 Å². The van der Waals surface area contributed by atoms with Crippen LogP contribution >= 0.6 is 0 Å². The lowest BCUT2D eigenvalue weighted by molar-refractivity contribution is 0.413. The van der Waals surface area contributed by atoms with Crippen molar-refractivity contribution >= 4 is 17.6 Å². The molecule has 3 aromatic rings. The fourth-order valence-corrected chi connectivity index (χ4v) is 4.70. The molecule has 0 aliphatic carbocycles. The van der Waals surface area contributed by atoms with Crippen LogP contribution in [0.2, 0.25) is 0 Å². The maximum atomic E-state index is 9.72. The van der Waals surface area contributed by atoms with Crippen LogP contribution in [0.3, 0.4) is 0 Å². The monoisotopic (exact) mass is 453 g/mol. The Bertz CT molecular complexity index is 1250. The highest BCUT2D eigenvalue weighted by atomic mass is 16.5. The fourth-order valence-electron chi connectivity index (χ4n) is 4.70. The van der Waals surface area contributed by atoms with Crippen molar-refractivity contribution < 1.29 is 9.84 Å². The van der Waals surface area contributed by atoms with Gasteiger partial charge in [0.15, 0.2) is 0 Å². The summed E-state index contributed by atoms with van der Waals surface area (Å²) in [4.78, 5) is 2.34. The van der Waals surface area contributed by atoms with Crippen LogP contribution < -0.4 is 9.64 Å². The Labute approximate surface area is 201 Å². The molecule has 1 unspecified atom stereocenters. The Morgan fingerprint density at radius 2 is 1.85 bits per heavy atom. The lowest BCUT2D eigenvalue weighted by Gasteiger charge is -2.30. The van der Waals surface area contributed by atoms with Gasteiger partial charge in [-0.15, -0.1) is 0 Å². The van der Waals surface area contributed by atoms with E-state index in [1.807, 2.05) is 25.1 Å². The molecule has 5 nitrogen and oxygen atoms in total. The van der Waals surface area contributed by atoms with Crippen LogP contribution in [0.5, 0.6) is 11.5 Å². The molecule has 4 rings (SSSR count). The number of hydrogen-bond acceptors (Lipinski definition) is 5. The van der Waals surface area contributed by atoms with Crippen molar-refractivity contribution in [1.29, 1.82) is 0 Å². The Hall–Kier alpha value is -3.86. The summed E-state index contributed by atoms with van der Waals surface area (Å²) in [6, 6.07) is 23.9. The topological polar surface area (TPSA) is 57.4 Å². The number of allylic oxidation sites excluding steroid dienone is 2. The van der Waals surface area contributed by atoms with Crippen LogP contribution in [0.25, 0.3) is 0 Å². The molecule has 0 amide bonds. The molecule has 0 saturated heterocycles. The van der Waals surface area contributed by atoms with Gasteiger partial charge in [-0.05, 0) is 74.7 Å². The lowest BCUT2D eigenvalue weighted by Crippen LogP contribution is -2.30. The minimum atomic E-state index is -0.253. The summed E-state index contributed by atoms with van der Waals surface area (Å²) in [5, 5.41) is 18.4. The summed E-state index contributed by atoms with van der Waals surface area (Å²) in [6.07, 6.45) is 4.69. The van der Waals surface area contributed by atoms with E-state index in [4.69, 9.17) is 4.74 Å². The first-order chi connectivity index (χ1) is 16.5. The first kappa shape index (κ1) is 23.3. The zero-order valence-electron chi connectivity index (χ0n) is 20.2. The van der Waals surface area contributed by atoms with Gasteiger partial charge in [-0.25, -0.2) is 0 Å². The zero-order chi connectivity index (χ0) is 24.1. The smallest absolute Gasteiger partial charge is 0.119 e. The number of anilines is 1. The SMILES string of the molecule is CCN1\C(=C/C=N/N=C(\C)c2cccc(O)c2)C(C)(Cc2ccccc2)c2cc(OC)ccc21. The van der Waals surface area contributed by atoms with E-state index in [1.54, 1.807) is 31.5 Å². The third-order valence-electron chi connectivity index (χ3n) is 6.43. The molecule has 1 atom stereocenters. The molecule has 0 spiro atoms. The standard InChI is InChI=1S/C29H31N3O2/c1-5-32-27-15-14-25(34-4)19-26(27)29(3,20-22-10-7-6-8-11-22)28(32)16-17-30-31-21(2)23-12-9-13-24(33)18-23/h6-19,33H,5,20H2,1-4H3/b28-16-,30-17+,31-21+. The van der Waals surface area contributed by atoms with Crippen molar-refractivity contribution in [2.75, 3.05) is 18.6 Å². The van der Waals surface area contributed by atoms with E-state index in [0.717, 1.165) is 30.0 Å². The molecule has 0 radical (unpaired) electrons. The van der Waals surface area contributed by atoms with Crippen LogP contribution in [0.15, 0.2) is 94.8 Å². The molecule has 1 heterocycles. The number of nitrogens with zero attached hydrogens (tertiary/aromatic N) is 3. The highest BCUT2D eigenvalue weighted by Gasteiger charge is 2.43. The molecular weight excluding hydrogens is 422 g/mol. The molecule has 1 aliphatic rings. The van der Waals surface area contributed by atoms with E-state index in [1.165, 1.54) is 22.5 Å². The van der Waals surface area contributed by atoms with Gasteiger partial charge in [0.05, 0.1) is 19.0 Å². The van der Waals surface area contributed by atoms with Crippen LogP contribution in [0.1, 0.15) is 37.5 Å². The number of phenols is 1. The van der Waals surface area contributed by atoms with Gasteiger partial charge < -0.3 is 14.7 Å². The predicted molar refractivity (Wildman–Crippen MR) is 140 cm³/mol. The highest BCUT2D eigenvalue weighted by Crippen LogP contribution is 2.50. The number of methoxy groups -OCH3 is 1. The Balaban J connectivity index is 1.73. The Morgan fingerprint density at radius 1 is 1.06 bits per heavy atom. The van der Waals surface area contributed by atoms with Gasteiger partial charge in [0.2, 0.25) is 0 Å². The molecule has 1 N–H and O–H groups in total. The molecule has 3 aromatic carbocycles. The molecule has 1 aliphatic heterocycles. The number of fused-ring (bicyclic) bond motifs is 1. The number of aromatic hydroxyl groups is 1. The summed E-state index contributed by atoms with van der Waals surface area (Å²) in [5.74, 6) is 1.07. The average molecular weight is 454 g/mol. The summed E-state index contributed by atoms with van der Waals surface area (Å²) in [7, 11) is 1.71. The van der Waals surface area contributed by atoms with Gasteiger partial charge in [-0.2, -0.15) is 10.2 Å². The Kier molecular flexibility index (Phi) is 6.82. The molecule has 0 bridgehead atoms. The minimum absolute atomic E-state index is 0.215. The number of hydrogen-bond donors (Lipinski definition) is 1. The van der Waals surface area contributed by atoms with Crippen molar-refractivity contribution in [2.24, 2.45) is 10.2 Å². The minimum Gasteiger partial charge on any atom is -0.508 e. The quantitative estimate of drug-likeness (QED) is 0.346. The van der Waals surface area contributed by atoms with E-state index in [0.29, 0.717) is 0 Å². The summed E-state index contributed by atoms with van der Waals surface area (Å²) < 4.78 is 5.56. The average Bonchev–Trinajstić information content (AvgIpc) is 3.08. The molecule has 34 heavy (non-hydrogen) atoms. The van der Waals surface area contributed by atoms with Crippen molar-refractivity contribution in [3.8, 4) is 11.5 Å². The van der Waals surface area contributed by atoms with Crippen LogP contribution in [0, 0.1) is 0 Å².